The van der Waals surface area contributed by atoms with Gasteiger partial charge in [0.25, 0.3) is 0 Å². The maximum atomic E-state index is 4.48. The maximum absolute atomic E-state index is 4.48. The lowest BCUT2D eigenvalue weighted by Gasteiger charge is -2.19. The summed E-state index contributed by atoms with van der Waals surface area (Å²) in [6, 6.07) is 0. The maximum Gasteiger partial charge on any atom is 0.199 e. The molecule has 0 atom stereocenters. The Labute approximate surface area is 114 Å². The van der Waals surface area contributed by atoms with Crippen molar-refractivity contribution < 1.29 is 0 Å². The average molecular weight is 261 g/mol. The molecule has 1 fully saturated rings. The zero-order valence-corrected chi connectivity index (χ0v) is 11.8. The van der Waals surface area contributed by atoms with Gasteiger partial charge in [-0.15, -0.1) is 0 Å². The van der Waals surface area contributed by atoms with E-state index in [1.807, 2.05) is 13.8 Å². The molecular weight excluding hydrogens is 238 g/mol. The van der Waals surface area contributed by atoms with Crippen LogP contribution in [-0.2, 0) is 0 Å². The predicted octanol–water partition coefficient (Wildman–Crippen LogP) is 2.53. The largest absolute Gasteiger partial charge is 0.317 e. The van der Waals surface area contributed by atoms with Gasteiger partial charge in [-0.3, -0.25) is 10.1 Å². The van der Waals surface area contributed by atoms with Gasteiger partial charge in [-0.25, -0.2) is 4.98 Å². The summed E-state index contributed by atoms with van der Waals surface area (Å²) in [7, 11) is 0. The minimum absolute atomic E-state index is 0.465. The molecule has 0 radical (unpaired) electrons. The molecule has 5 heteroatoms. The van der Waals surface area contributed by atoms with Gasteiger partial charge in [0.15, 0.2) is 5.82 Å². The van der Waals surface area contributed by atoms with Crippen LogP contribution in [0.4, 0.5) is 0 Å². The van der Waals surface area contributed by atoms with E-state index in [0.29, 0.717) is 17.4 Å². The Morgan fingerprint density at radius 2 is 2.05 bits per heavy atom. The van der Waals surface area contributed by atoms with Gasteiger partial charge >= 0.3 is 0 Å². The number of hydrogen-bond donors (Lipinski definition) is 2. The van der Waals surface area contributed by atoms with Crippen LogP contribution >= 0.6 is 0 Å². The lowest BCUT2D eigenvalue weighted by atomic mass is 9.98. The highest BCUT2D eigenvalue weighted by molar-refractivity contribution is 5.64. The number of rotatable bonds is 4. The van der Waals surface area contributed by atoms with Crippen LogP contribution in [0.2, 0.25) is 0 Å². The SMILES string of the molecule is C=C/C=C(\N=C)c1n[nH]c(C2CCNCC2)n1.CC. The second-order valence-corrected chi connectivity index (χ2v) is 4.01. The number of H-pyrrole nitrogens is 1. The number of piperidine rings is 1. The number of aliphatic imine (C=N–C) groups is 1. The number of aromatic amines is 1. The molecule has 1 aliphatic rings. The van der Waals surface area contributed by atoms with Crippen molar-refractivity contribution >= 4 is 12.4 Å². The third-order valence-corrected chi connectivity index (χ3v) is 2.90. The van der Waals surface area contributed by atoms with Crippen molar-refractivity contribution in [1.82, 2.24) is 20.5 Å². The lowest BCUT2D eigenvalue weighted by Crippen LogP contribution is -2.27. The number of allylic oxidation sites excluding steroid dienone is 2. The third kappa shape index (κ3) is 4.13. The van der Waals surface area contributed by atoms with E-state index in [2.05, 4.69) is 38.8 Å². The van der Waals surface area contributed by atoms with Crippen molar-refractivity contribution in [1.29, 1.82) is 0 Å². The normalized spacial score (nSPS) is 16.4. The molecule has 5 nitrogen and oxygen atoms in total. The predicted molar refractivity (Wildman–Crippen MR) is 80.3 cm³/mol. The molecule has 0 bridgehead atoms. The summed E-state index contributed by atoms with van der Waals surface area (Å²) >= 11 is 0. The van der Waals surface area contributed by atoms with Crippen molar-refractivity contribution in [2.45, 2.75) is 32.6 Å². The zero-order chi connectivity index (χ0) is 14.1. The molecule has 104 valence electrons. The van der Waals surface area contributed by atoms with Gasteiger partial charge in [0.2, 0.25) is 0 Å². The van der Waals surface area contributed by atoms with Gasteiger partial charge in [-0.2, -0.15) is 5.10 Å². The highest BCUT2D eigenvalue weighted by Gasteiger charge is 2.19. The van der Waals surface area contributed by atoms with Crippen LogP contribution in [0.1, 0.15) is 44.3 Å². The topological polar surface area (TPSA) is 66.0 Å². The van der Waals surface area contributed by atoms with E-state index in [-0.39, 0.29) is 0 Å². The van der Waals surface area contributed by atoms with Crippen LogP contribution in [-0.4, -0.2) is 35.0 Å². The van der Waals surface area contributed by atoms with Gasteiger partial charge in [0.05, 0.1) is 0 Å². The van der Waals surface area contributed by atoms with E-state index >= 15 is 0 Å². The molecule has 0 spiro atoms. The van der Waals surface area contributed by atoms with Crippen molar-refractivity contribution in [3.63, 3.8) is 0 Å². The smallest absolute Gasteiger partial charge is 0.199 e. The van der Waals surface area contributed by atoms with Crippen LogP contribution in [0.3, 0.4) is 0 Å². The fourth-order valence-corrected chi connectivity index (χ4v) is 1.98. The Morgan fingerprint density at radius 1 is 1.37 bits per heavy atom. The molecule has 1 aromatic rings. The summed E-state index contributed by atoms with van der Waals surface area (Å²) in [4.78, 5) is 8.37. The van der Waals surface area contributed by atoms with E-state index in [1.165, 1.54) is 0 Å². The van der Waals surface area contributed by atoms with Crippen LogP contribution in [0, 0.1) is 0 Å². The molecule has 1 aromatic heterocycles. The highest BCUT2D eigenvalue weighted by Crippen LogP contribution is 2.23. The molecular formula is C14H23N5. The quantitative estimate of drug-likeness (QED) is 0.646. The fourth-order valence-electron chi connectivity index (χ4n) is 1.98. The lowest BCUT2D eigenvalue weighted by molar-refractivity contribution is 0.446. The molecule has 0 amide bonds. The minimum atomic E-state index is 0.465. The average Bonchev–Trinajstić information content (AvgIpc) is 2.97. The molecule has 0 saturated carbocycles. The molecule has 2 heterocycles. The monoisotopic (exact) mass is 261 g/mol. The Bertz CT molecular complexity index is 427. The standard InChI is InChI=1S/C12H17N5.C2H6/c1-3-4-10(13-2)12-15-11(16-17-12)9-5-7-14-8-6-9;1-2/h3-4,9,14H,1-2,5-8H2,(H,15,16,17);1-2H3/b10-4-;. The van der Waals surface area contributed by atoms with E-state index in [9.17, 15) is 0 Å². The first-order valence-corrected chi connectivity index (χ1v) is 6.78. The first-order valence-electron chi connectivity index (χ1n) is 6.78. The molecule has 1 saturated heterocycles. The van der Waals surface area contributed by atoms with Crippen molar-refractivity contribution in [3.05, 3.63) is 30.4 Å². The molecule has 2 N–H and O–H groups in total. The van der Waals surface area contributed by atoms with Gasteiger partial charge in [-0.1, -0.05) is 26.5 Å². The van der Waals surface area contributed by atoms with E-state index in [0.717, 1.165) is 31.8 Å². The molecule has 19 heavy (non-hydrogen) atoms. The molecule has 0 unspecified atom stereocenters. The Hall–Kier alpha value is -1.75. The summed E-state index contributed by atoms with van der Waals surface area (Å²) in [6.07, 6.45) is 5.60. The van der Waals surface area contributed by atoms with Crippen molar-refractivity contribution in [2.75, 3.05) is 13.1 Å². The van der Waals surface area contributed by atoms with E-state index in [1.54, 1.807) is 12.2 Å². The van der Waals surface area contributed by atoms with Gasteiger partial charge in [0.1, 0.15) is 11.5 Å². The minimum Gasteiger partial charge on any atom is -0.317 e. The third-order valence-electron chi connectivity index (χ3n) is 2.90. The highest BCUT2D eigenvalue weighted by atomic mass is 15.2. The first-order chi connectivity index (χ1) is 9.35. The summed E-state index contributed by atoms with van der Waals surface area (Å²) in [6.45, 7) is 13.2. The van der Waals surface area contributed by atoms with Gasteiger partial charge in [-0.05, 0) is 38.7 Å². The van der Waals surface area contributed by atoms with E-state index in [4.69, 9.17) is 0 Å². The van der Waals surface area contributed by atoms with Gasteiger partial charge < -0.3 is 5.32 Å². The van der Waals surface area contributed by atoms with Crippen molar-refractivity contribution in [2.24, 2.45) is 4.99 Å². The Kier molecular flexibility index (Phi) is 6.74. The first kappa shape index (κ1) is 15.3. The number of aromatic nitrogens is 3. The molecule has 2 rings (SSSR count). The van der Waals surface area contributed by atoms with Gasteiger partial charge in [0, 0.05) is 5.92 Å². The van der Waals surface area contributed by atoms with Crippen LogP contribution < -0.4 is 5.32 Å². The number of hydrogen-bond acceptors (Lipinski definition) is 4. The summed E-state index contributed by atoms with van der Waals surface area (Å²) < 4.78 is 0. The number of nitrogens with zero attached hydrogens (tertiary/aromatic N) is 3. The molecule has 0 aromatic carbocycles. The summed E-state index contributed by atoms with van der Waals surface area (Å²) in [5.41, 5.74) is 0.649. The van der Waals surface area contributed by atoms with Crippen LogP contribution in [0.5, 0.6) is 0 Å². The second kappa shape index (κ2) is 8.37. The van der Waals surface area contributed by atoms with Crippen molar-refractivity contribution in [3.8, 4) is 0 Å². The molecule has 1 aliphatic heterocycles. The van der Waals surface area contributed by atoms with E-state index < -0.39 is 0 Å². The summed E-state index contributed by atoms with van der Waals surface area (Å²) in [5.74, 6) is 2.00. The zero-order valence-electron chi connectivity index (χ0n) is 11.8. The van der Waals surface area contributed by atoms with Crippen LogP contribution in [0.25, 0.3) is 5.70 Å². The second-order valence-electron chi connectivity index (χ2n) is 4.01. The number of nitrogens with one attached hydrogen (secondary N) is 2. The Morgan fingerprint density at radius 3 is 2.63 bits per heavy atom. The Balaban J connectivity index is 0.000000861. The van der Waals surface area contributed by atoms with Crippen LogP contribution in [0.15, 0.2) is 23.7 Å². The summed E-state index contributed by atoms with van der Waals surface area (Å²) in [5, 5.41) is 10.5. The molecule has 0 aliphatic carbocycles. The fraction of sp³-hybridized carbons (Fsp3) is 0.500.